The number of fused-ring (bicyclic) bond motifs is 5. The van der Waals surface area contributed by atoms with Crippen LogP contribution in [0.25, 0.3) is 63.2 Å². The van der Waals surface area contributed by atoms with Gasteiger partial charge in [-0.2, -0.15) is 0 Å². The van der Waals surface area contributed by atoms with Crippen LogP contribution in [0.4, 0.5) is 17.1 Å². The molecule has 2 aromatic heterocycles. The second kappa shape index (κ2) is 11.7. The molecule has 0 radical (unpaired) electrons. The molecule has 0 aliphatic heterocycles. The quantitative estimate of drug-likeness (QED) is 0.181. The summed E-state index contributed by atoms with van der Waals surface area (Å²) in [5.41, 5.74) is 10.5. The van der Waals surface area contributed by atoms with E-state index in [0.29, 0.717) is 0 Å². The first kappa shape index (κ1) is 27.7. The maximum Gasteiger partial charge on any atom is 0.124 e. The van der Waals surface area contributed by atoms with Crippen LogP contribution in [0.5, 0.6) is 0 Å². The van der Waals surface area contributed by atoms with Crippen molar-refractivity contribution in [3.8, 4) is 32.8 Å². The molecule has 0 saturated carbocycles. The highest BCUT2D eigenvalue weighted by Gasteiger charge is 2.17. The van der Waals surface area contributed by atoms with Crippen molar-refractivity contribution in [2.45, 2.75) is 0 Å². The fourth-order valence-electron chi connectivity index (χ4n) is 6.39. The smallest absolute Gasteiger partial charge is 0.124 e. The number of para-hydroxylation sites is 1. The molecule has 0 spiro atoms. The molecule has 47 heavy (non-hydrogen) atoms. The summed E-state index contributed by atoms with van der Waals surface area (Å²) in [6.07, 6.45) is 0. The van der Waals surface area contributed by atoms with Crippen molar-refractivity contribution in [1.29, 1.82) is 0 Å². The number of hydrogen-bond donors (Lipinski definition) is 0. The van der Waals surface area contributed by atoms with Gasteiger partial charge >= 0.3 is 0 Å². The van der Waals surface area contributed by atoms with Crippen LogP contribution < -0.4 is 4.90 Å². The first-order chi connectivity index (χ1) is 23.3. The zero-order valence-electron chi connectivity index (χ0n) is 25.4. The lowest BCUT2D eigenvalue weighted by Crippen LogP contribution is -2.09. The summed E-state index contributed by atoms with van der Waals surface area (Å²) in [6, 6.07) is 60.7. The molecular formula is C43H28N2S2. The van der Waals surface area contributed by atoms with E-state index < -0.39 is 0 Å². The summed E-state index contributed by atoms with van der Waals surface area (Å²) in [5, 5.41) is 3.66. The summed E-state index contributed by atoms with van der Waals surface area (Å²) in [4.78, 5) is 7.36. The lowest BCUT2D eigenvalue weighted by Gasteiger charge is -2.25. The van der Waals surface area contributed by atoms with Gasteiger partial charge < -0.3 is 4.90 Å². The molecule has 2 heterocycles. The molecule has 0 saturated heterocycles. The van der Waals surface area contributed by atoms with Gasteiger partial charge in [0.15, 0.2) is 0 Å². The van der Waals surface area contributed by atoms with E-state index in [9.17, 15) is 0 Å². The molecule has 0 N–H and O–H groups in total. The van der Waals surface area contributed by atoms with E-state index in [1.807, 2.05) is 11.3 Å². The summed E-state index contributed by atoms with van der Waals surface area (Å²) in [6.45, 7) is 0. The molecule has 9 aromatic rings. The minimum atomic E-state index is 1.06. The highest BCUT2D eigenvalue weighted by Crippen LogP contribution is 2.45. The van der Waals surface area contributed by atoms with Crippen molar-refractivity contribution in [3.05, 3.63) is 170 Å². The maximum atomic E-state index is 5.01. The lowest BCUT2D eigenvalue weighted by atomic mass is 10.00. The van der Waals surface area contributed by atoms with Crippen LogP contribution in [0.15, 0.2) is 170 Å². The Morgan fingerprint density at radius 2 is 0.936 bits per heavy atom. The van der Waals surface area contributed by atoms with E-state index in [1.165, 1.54) is 47.1 Å². The summed E-state index contributed by atoms with van der Waals surface area (Å²) >= 11 is 3.64. The first-order valence-corrected chi connectivity index (χ1v) is 17.3. The van der Waals surface area contributed by atoms with Crippen LogP contribution in [0.3, 0.4) is 0 Å². The Hall–Kier alpha value is -5.55. The van der Waals surface area contributed by atoms with E-state index in [0.717, 1.165) is 33.1 Å². The second-order valence-corrected chi connectivity index (χ2v) is 13.7. The summed E-state index contributed by atoms with van der Waals surface area (Å²) in [7, 11) is 0. The van der Waals surface area contributed by atoms with Gasteiger partial charge in [0.2, 0.25) is 0 Å². The van der Waals surface area contributed by atoms with E-state index in [-0.39, 0.29) is 0 Å². The Balaban J connectivity index is 1.10. The third kappa shape index (κ3) is 5.08. The number of thiazole rings is 1. The van der Waals surface area contributed by atoms with Gasteiger partial charge in [-0.05, 0) is 70.8 Å². The Kier molecular flexibility index (Phi) is 6.89. The number of nitrogens with zero attached hydrogens (tertiary/aromatic N) is 2. The fourth-order valence-corrected chi connectivity index (χ4v) is 8.73. The summed E-state index contributed by atoms with van der Waals surface area (Å²) in [5.74, 6) is 0. The summed E-state index contributed by atoms with van der Waals surface area (Å²) < 4.78 is 3.82. The largest absolute Gasteiger partial charge is 0.310 e. The zero-order valence-corrected chi connectivity index (χ0v) is 27.0. The van der Waals surface area contributed by atoms with Crippen molar-refractivity contribution < 1.29 is 0 Å². The van der Waals surface area contributed by atoms with E-state index in [1.54, 1.807) is 11.3 Å². The molecule has 0 fully saturated rings. The molecule has 7 aromatic carbocycles. The molecule has 0 unspecified atom stereocenters. The zero-order chi connectivity index (χ0) is 31.2. The van der Waals surface area contributed by atoms with Crippen molar-refractivity contribution in [2.24, 2.45) is 0 Å². The SMILES string of the molecule is c1ccc(-c2ccc(-c3ccc(N(c4ccccc4)c4ccc5c(c4)sc4ccc6nc(-c7ccccc7)sc6c45)cc3)cc2)cc1. The molecule has 9 rings (SSSR count). The number of thiophene rings is 1. The average Bonchev–Trinajstić information content (AvgIpc) is 3.75. The van der Waals surface area contributed by atoms with Gasteiger partial charge in [0.05, 0.1) is 10.2 Å². The molecular weight excluding hydrogens is 609 g/mol. The topological polar surface area (TPSA) is 16.1 Å². The standard InChI is InChI=1S/C43H28N2S2/c1-4-10-29(11-5-1)30-16-18-31(19-17-30)32-20-22-35(23-21-32)45(34-14-8-3-9-15-34)36-24-25-37-40(28-36)46-39-27-26-38-42(41(37)39)47-43(44-38)33-12-6-2-7-13-33/h1-28H. The van der Waals surface area contributed by atoms with Gasteiger partial charge in [0, 0.05) is 42.8 Å². The van der Waals surface area contributed by atoms with Gasteiger partial charge in [0.25, 0.3) is 0 Å². The predicted molar refractivity (Wildman–Crippen MR) is 203 cm³/mol. The maximum absolute atomic E-state index is 5.01. The van der Waals surface area contributed by atoms with E-state index in [4.69, 9.17) is 4.98 Å². The molecule has 2 nitrogen and oxygen atoms in total. The second-order valence-electron chi connectivity index (χ2n) is 11.6. The minimum Gasteiger partial charge on any atom is -0.310 e. The molecule has 0 bridgehead atoms. The van der Waals surface area contributed by atoms with Crippen LogP contribution in [0.2, 0.25) is 0 Å². The highest BCUT2D eigenvalue weighted by atomic mass is 32.1. The molecule has 222 valence electrons. The lowest BCUT2D eigenvalue weighted by molar-refractivity contribution is 1.29. The number of benzene rings is 7. The predicted octanol–water partition coefficient (Wildman–Crippen LogP) is 13.1. The van der Waals surface area contributed by atoms with Crippen molar-refractivity contribution >= 4 is 70.1 Å². The normalized spacial score (nSPS) is 11.4. The number of rotatable bonds is 6. The molecule has 0 aliphatic rings. The van der Waals surface area contributed by atoms with E-state index in [2.05, 4.69) is 175 Å². The third-order valence-corrected chi connectivity index (χ3v) is 11.0. The van der Waals surface area contributed by atoms with Gasteiger partial charge in [0.1, 0.15) is 5.01 Å². The van der Waals surface area contributed by atoms with Crippen LogP contribution in [-0.2, 0) is 0 Å². The fraction of sp³-hybridized carbons (Fsp3) is 0. The Labute approximate surface area is 281 Å². The minimum absolute atomic E-state index is 1.06. The number of aromatic nitrogens is 1. The van der Waals surface area contributed by atoms with Gasteiger partial charge in [-0.1, -0.05) is 121 Å². The highest BCUT2D eigenvalue weighted by molar-refractivity contribution is 7.28. The van der Waals surface area contributed by atoms with Gasteiger partial charge in [-0.25, -0.2) is 4.98 Å². The van der Waals surface area contributed by atoms with Gasteiger partial charge in [-0.3, -0.25) is 0 Å². The first-order valence-electron chi connectivity index (χ1n) is 15.7. The van der Waals surface area contributed by atoms with Gasteiger partial charge in [-0.15, -0.1) is 22.7 Å². The molecule has 0 amide bonds. The van der Waals surface area contributed by atoms with Crippen LogP contribution >= 0.6 is 22.7 Å². The Morgan fingerprint density at radius 3 is 1.60 bits per heavy atom. The molecule has 0 aliphatic carbocycles. The Morgan fingerprint density at radius 1 is 0.404 bits per heavy atom. The van der Waals surface area contributed by atoms with Crippen LogP contribution in [-0.4, -0.2) is 4.98 Å². The third-order valence-electron chi connectivity index (χ3n) is 8.72. The van der Waals surface area contributed by atoms with Crippen LogP contribution in [0, 0.1) is 0 Å². The monoisotopic (exact) mass is 636 g/mol. The number of hydrogen-bond acceptors (Lipinski definition) is 4. The van der Waals surface area contributed by atoms with Crippen molar-refractivity contribution in [2.75, 3.05) is 4.90 Å². The number of anilines is 3. The van der Waals surface area contributed by atoms with Crippen molar-refractivity contribution in [3.63, 3.8) is 0 Å². The molecule has 4 heteroatoms. The molecule has 0 atom stereocenters. The Bertz CT molecular complexity index is 2480. The van der Waals surface area contributed by atoms with E-state index >= 15 is 0 Å². The van der Waals surface area contributed by atoms with Crippen LogP contribution in [0.1, 0.15) is 0 Å². The van der Waals surface area contributed by atoms with Crippen molar-refractivity contribution in [1.82, 2.24) is 4.98 Å². The average molecular weight is 637 g/mol.